The molecule has 1 saturated heterocycles. The van der Waals surface area contributed by atoms with E-state index in [2.05, 4.69) is 23.8 Å². The fraction of sp³-hybridized carbons (Fsp3) is 0.545. The first-order valence-electron chi connectivity index (χ1n) is 8.37. The van der Waals surface area contributed by atoms with Crippen molar-refractivity contribution in [2.24, 2.45) is 0 Å². The number of phosphoric acid groups is 1. The van der Waals surface area contributed by atoms with E-state index in [0.717, 1.165) is 10.9 Å². The van der Waals surface area contributed by atoms with Crippen LogP contribution in [0.1, 0.15) is 6.23 Å². The van der Waals surface area contributed by atoms with Crippen molar-refractivity contribution < 1.29 is 57.1 Å². The number of anilines is 1. The Hall–Kier alpha value is -1.52. The van der Waals surface area contributed by atoms with Crippen molar-refractivity contribution in [1.82, 2.24) is 19.5 Å². The fourth-order valence-electron chi connectivity index (χ4n) is 2.84. The number of hydrogen-bond acceptors (Lipinski definition) is 12. The minimum Gasteiger partial charge on any atom is -0.387 e. The van der Waals surface area contributed by atoms with E-state index in [0.29, 0.717) is 0 Å². The second kappa shape index (κ2) is 8.68. The van der Waals surface area contributed by atoms with Crippen LogP contribution in [0.4, 0.5) is 5.95 Å². The molecule has 6 atom stereocenters. The second-order valence-corrected chi connectivity index (χ2v) is 12.2. The van der Waals surface area contributed by atoms with E-state index >= 15 is 0 Å². The molecule has 2 aromatic heterocycles. The number of hydrogen-bond donors (Lipinski definition) is 8. The predicted octanol–water partition coefficient (Wildman–Crippen LogP) is -2.22. The first-order chi connectivity index (χ1) is 14.6. The number of imidazole rings is 1. The molecule has 21 heteroatoms. The maximum absolute atomic E-state index is 11.9. The topological polar surface area (TPSA) is 290 Å². The van der Waals surface area contributed by atoms with Crippen molar-refractivity contribution in [2.75, 3.05) is 18.2 Å². The lowest BCUT2D eigenvalue weighted by molar-refractivity contribution is -0.0501. The summed E-state index contributed by atoms with van der Waals surface area (Å²) in [5, 5.41) is 20.5. The first-order valence-corrected chi connectivity index (χ1v) is 13.4. The number of nitrogen functional groups attached to an aromatic ring is 1. The summed E-state index contributed by atoms with van der Waals surface area (Å²) >= 11 is 0. The van der Waals surface area contributed by atoms with Crippen molar-refractivity contribution in [3.05, 3.63) is 16.7 Å². The van der Waals surface area contributed by atoms with Crippen LogP contribution in [-0.4, -0.2) is 80.1 Å². The van der Waals surface area contributed by atoms with Gasteiger partial charge in [0.1, 0.15) is 18.3 Å². The number of nitrogens with zero attached hydrogens (tertiary/aromatic N) is 3. The third kappa shape index (κ3) is 5.69. The normalized spacial score (nSPS) is 27.9. The van der Waals surface area contributed by atoms with Crippen LogP contribution in [0.3, 0.4) is 0 Å². The molecule has 180 valence electrons. The van der Waals surface area contributed by atoms with Gasteiger partial charge in [-0.1, -0.05) is 0 Å². The Morgan fingerprint density at radius 1 is 1.19 bits per heavy atom. The van der Waals surface area contributed by atoms with Crippen molar-refractivity contribution in [1.29, 1.82) is 0 Å². The largest absolute Gasteiger partial charge is 0.479 e. The highest BCUT2D eigenvalue weighted by Crippen LogP contribution is 2.65. The van der Waals surface area contributed by atoms with Crippen LogP contribution < -0.4 is 11.3 Å². The molecule has 3 heterocycles. The Kier molecular flexibility index (Phi) is 6.81. The van der Waals surface area contributed by atoms with Gasteiger partial charge in [-0.2, -0.15) is 4.98 Å². The third-order valence-corrected chi connectivity index (χ3v) is 9.28. The predicted molar refractivity (Wildman–Crippen MR) is 102 cm³/mol. The van der Waals surface area contributed by atoms with Gasteiger partial charge < -0.3 is 40.3 Å². The molecule has 0 spiro atoms. The summed E-state index contributed by atoms with van der Waals surface area (Å²) in [5.41, 5.74) is 4.55. The number of aliphatic hydroxyl groups excluding tert-OH is 2. The monoisotopic (exact) mass is 521 g/mol. The van der Waals surface area contributed by atoms with Gasteiger partial charge in [0.05, 0.1) is 12.9 Å². The minimum absolute atomic E-state index is 0.0983. The van der Waals surface area contributed by atoms with Crippen LogP contribution in [0.25, 0.3) is 11.2 Å². The highest BCUT2D eigenvalue weighted by molar-refractivity contribution is 7.73. The maximum atomic E-state index is 11.9. The van der Waals surface area contributed by atoms with E-state index in [9.17, 15) is 38.5 Å². The number of aromatic nitrogens is 4. The molecular weight excluding hydrogens is 503 g/mol. The van der Waals surface area contributed by atoms with Gasteiger partial charge in [-0.05, 0) is 0 Å². The van der Waals surface area contributed by atoms with E-state index in [-0.39, 0.29) is 17.1 Å². The molecule has 0 amide bonds. The van der Waals surface area contributed by atoms with Crippen LogP contribution in [-0.2, 0) is 27.3 Å². The van der Waals surface area contributed by atoms with Crippen molar-refractivity contribution in [2.45, 2.75) is 24.5 Å². The fourth-order valence-corrected chi connectivity index (χ4v) is 7.18. The van der Waals surface area contributed by atoms with Crippen LogP contribution in [0.15, 0.2) is 11.1 Å². The van der Waals surface area contributed by atoms with Crippen LogP contribution in [0.2, 0.25) is 0 Å². The van der Waals surface area contributed by atoms with Gasteiger partial charge in [-0.15, -0.1) is 0 Å². The number of fused-ring (bicyclic) bond motifs is 1. The molecule has 9 N–H and O–H groups in total. The number of nitrogens with two attached hydrogens (primary N) is 1. The molecule has 1 aliphatic rings. The molecule has 3 rings (SSSR count). The second-order valence-electron chi connectivity index (χ2n) is 6.61. The Morgan fingerprint density at radius 3 is 2.47 bits per heavy atom. The first kappa shape index (κ1) is 25.1. The molecule has 3 unspecified atom stereocenters. The molecular formula is C11H18N5O13P3. The van der Waals surface area contributed by atoms with Gasteiger partial charge in [0.15, 0.2) is 23.3 Å². The lowest BCUT2D eigenvalue weighted by Crippen LogP contribution is -2.33. The molecule has 32 heavy (non-hydrogen) atoms. The number of nitrogens with one attached hydrogen (secondary N) is 1. The lowest BCUT2D eigenvalue weighted by Gasteiger charge is -2.19. The zero-order valence-corrected chi connectivity index (χ0v) is 18.3. The number of ether oxygens (including phenoxy) is 1. The zero-order valence-electron chi connectivity index (χ0n) is 15.6. The van der Waals surface area contributed by atoms with Gasteiger partial charge in [0.2, 0.25) is 5.95 Å². The van der Waals surface area contributed by atoms with E-state index in [4.69, 9.17) is 20.3 Å². The van der Waals surface area contributed by atoms with Crippen molar-refractivity contribution >= 4 is 40.1 Å². The van der Waals surface area contributed by atoms with Gasteiger partial charge in [-0.25, -0.2) is 13.9 Å². The van der Waals surface area contributed by atoms with Crippen molar-refractivity contribution in [3.8, 4) is 0 Å². The Labute approximate surface area is 176 Å². The van der Waals surface area contributed by atoms with Crippen molar-refractivity contribution in [3.63, 3.8) is 0 Å². The summed E-state index contributed by atoms with van der Waals surface area (Å²) in [5.74, 6) is -2.00. The maximum Gasteiger partial charge on any atom is 0.479 e. The number of rotatable bonds is 8. The average molecular weight is 521 g/mol. The lowest BCUT2D eigenvalue weighted by atomic mass is 10.1. The van der Waals surface area contributed by atoms with Crippen LogP contribution in [0, 0.1) is 0 Å². The molecule has 2 aromatic rings. The van der Waals surface area contributed by atoms with Gasteiger partial charge in [-0.3, -0.25) is 28.0 Å². The zero-order chi connectivity index (χ0) is 24.1. The van der Waals surface area contributed by atoms with E-state index < -0.39 is 65.6 Å². The summed E-state index contributed by atoms with van der Waals surface area (Å²) in [6, 6.07) is 0. The Morgan fingerprint density at radius 2 is 1.84 bits per heavy atom. The summed E-state index contributed by atoms with van der Waals surface area (Å²) in [6.45, 7) is -0.957. The molecule has 0 aromatic carbocycles. The van der Waals surface area contributed by atoms with Gasteiger partial charge in [0.25, 0.3) is 5.56 Å². The number of aliphatic hydroxyl groups is 2. The highest BCUT2D eigenvalue weighted by atomic mass is 31.3. The Bertz CT molecular complexity index is 1210. The quantitative estimate of drug-likeness (QED) is 0.171. The standard InChI is InChI=1S/C11H18N5O13P3/c12-11-14-8-5(9(19)15-11)13-2-16(8)10-7(18)6(17)4(28-10)1-27-32(25,26)29-31(23,24)3-30(20,21)22/h2,4,6-7,10,17-18H,1,3H2,(H,23,24)(H,25,26)(H2,20,21,22)(H3,12,14,15,19)/t4-,6?,7+,10-/m1/s1. The average Bonchev–Trinajstić information content (AvgIpc) is 3.12. The number of aromatic amines is 1. The summed E-state index contributed by atoms with van der Waals surface area (Å²) < 4.78 is 49.1. The van der Waals surface area contributed by atoms with E-state index in [1.54, 1.807) is 0 Å². The van der Waals surface area contributed by atoms with E-state index in [1.807, 2.05) is 0 Å². The molecule has 1 fully saturated rings. The highest BCUT2D eigenvalue weighted by Gasteiger charge is 2.46. The third-order valence-electron chi connectivity index (χ3n) is 4.06. The number of H-pyrrole nitrogens is 1. The van der Waals surface area contributed by atoms with Gasteiger partial charge in [0, 0.05) is 0 Å². The molecule has 0 radical (unpaired) electrons. The van der Waals surface area contributed by atoms with Crippen LogP contribution >= 0.6 is 23.0 Å². The van der Waals surface area contributed by atoms with Gasteiger partial charge >= 0.3 is 23.0 Å². The van der Waals surface area contributed by atoms with Crippen LogP contribution in [0.5, 0.6) is 0 Å². The molecule has 0 bridgehead atoms. The number of phosphoric ester groups is 1. The molecule has 0 saturated carbocycles. The molecule has 1 aliphatic heterocycles. The summed E-state index contributed by atoms with van der Waals surface area (Å²) in [4.78, 5) is 58.1. The Balaban J connectivity index is 1.72. The summed E-state index contributed by atoms with van der Waals surface area (Å²) in [6.07, 6.45) is -5.19. The SMILES string of the molecule is Nc1nc2c(ncn2[C@@H]2O[C@H](COP(=O)(O)OP(=O)(O)CP(=O)(O)O)C(O)[C@@H]2O)c(=O)[nH]1. The summed E-state index contributed by atoms with van der Waals surface area (Å²) in [7, 11) is -15.7. The molecule has 18 nitrogen and oxygen atoms in total. The molecule has 0 aliphatic carbocycles. The minimum atomic E-state index is -5.35. The smallest absolute Gasteiger partial charge is 0.387 e. The van der Waals surface area contributed by atoms with E-state index in [1.165, 1.54) is 0 Å².